The first-order valence-corrected chi connectivity index (χ1v) is 9.94. The fraction of sp³-hybridized carbons (Fsp3) is 0.269. The van der Waals surface area contributed by atoms with Crippen LogP contribution in [0.1, 0.15) is 60.7 Å². The average molecular weight is 389 g/mol. The van der Waals surface area contributed by atoms with Crippen molar-refractivity contribution in [3.05, 3.63) is 82.5 Å². The molecule has 3 nitrogen and oxygen atoms in total. The second-order valence-electron chi connectivity index (χ2n) is 8.05. The lowest BCUT2D eigenvalue weighted by atomic mass is 9.93. The van der Waals surface area contributed by atoms with Gasteiger partial charge in [0, 0.05) is 11.1 Å². The maximum absolute atomic E-state index is 12.4. The molecule has 29 heavy (non-hydrogen) atoms. The number of hydrogen-bond acceptors (Lipinski definition) is 3. The van der Waals surface area contributed by atoms with E-state index in [9.17, 15) is 9.90 Å². The van der Waals surface area contributed by atoms with Gasteiger partial charge in [0.15, 0.2) is 5.78 Å². The standard InChI is InChI=1S/C26H28O3/c1-18(2)7-6-15-26(4)16-14-22-24(29-26)13-11-20(25(22)28)10-12-23(27)21-9-5-8-19(3)17-21/h5,7-14,16-17,28H,6,15H2,1-4H3/b12-10+. The highest BCUT2D eigenvalue weighted by Gasteiger charge is 2.28. The molecule has 2 aromatic carbocycles. The molecule has 0 saturated carbocycles. The maximum atomic E-state index is 12.4. The van der Waals surface area contributed by atoms with E-state index in [-0.39, 0.29) is 11.5 Å². The van der Waals surface area contributed by atoms with Crippen molar-refractivity contribution in [2.45, 2.75) is 46.1 Å². The molecule has 1 aliphatic heterocycles. The summed E-state index contributed by atoms with van der Waals surface area (Å²) in [5.41, 5.74) is 3.80. The van der Waals surface area contributed by atoms with Gasteiger partial charge in [0.05, 0.1) is 5.56 Å². The predicted octanol–water partition coefficient (Wildman–Crippen LogP) is 6.51. The van der Waals surface area contributed by atoms with Gasteiger partial charge in [-0.2, -0.15) is 0 Å². The number of fused-ring (bicyclic) bond motifs is 1. The molecular weight excluding hydrogens is 360 g/mol. The fourth-order valence-corrected chi connectivity index (χ4v) is 3.38. The highest BCUT2D eigenvalue weighted by atomic mass is 16.5. The van der Waals surface area contributed by atoms with Crippen LogP contribution in [0.15, 0.2) is 60.2 Å². The Bertz CT molecular complexity index is 1010. The monoisotopic (exact) mass is 388 g/mol. The van der Waals surface area contributed by atoms with Crippen LogP contribution in [0.5, 0.6) is 11.5 Å². The summed E-state index contributed by atoms with van der Waals surface area (Å²) in [7, 11) is 0. The quantitative estimate of drug-likeness (QED) is 0.349. The second-order valence-corrected chi connectivity index (χ2v) is 8.05. The van der Waals surface area contributed by atoms with Gasteiger partial charge in [0.25, 0.3) is 0 Å². The summed E-state index contributed by atoms with van der Waals surface area (Å²) in [4.78, 5) is 12.4. The first kappa shape index (κ1) is 20.7. The summed E-state index contributed by atoms with van der Waals surface area (Å²) in [6, 6.07) is 11.1. The van der Waals surface area contributed by atoms with Crippen molar-refractivity contribution in [1.29, 1.82) is 0 Å². The lowest BCUT2D eigenvalue weighted by Crippen LogP contribution is -2.31. The third-order valence-electron chi connectivity index (χ3n) is 5.06. The molecule has 2 aromatic rings. The Balaban J connectivity index is 1.78. The van der Waals surface area contributed by atoms with Crippen molar-refractivity contribution in [3.63, 3.8) is 0 Å². The summed E-state index contributed by atoms with van der Waals surface area (Å²) in [5.74, 6) is 0.690. The topological polar surface area (TPSA) is 46.5 Å². The fourth-order valence-electron chi connectivity index (χ4n) is 3.38. The number of hydrogen-bond donors (Lipinski definition) is 1. The summed E-state index contributed by atoms with van der Waals surface area (Å²) < 4.78 is 6.18. The number of aromatic hydroxyl groups is 1. The van der Waals surface area contributed by atoms with Gasteiger partial charge in [-0.3, -0.25) is 4.79 Å². The Hall–Kier alpha value is -3.07. The first-order valence-electron chi connectivity index (χ1n) is 9.94. The molecule has 1 unspecified atom stereocenters. The van der Waals surface area contributed by atoms with Crippen molar-refractivity contribution < 1.29 is 14.6 Å². The second kappa shape index (κ2) is 8.52. The van der Waals surface area contributed by atoms with Crippen molar-refractivity contribution in [3.8, 4) is 11.5 Å². The molecule has 3 heteroatoms. The van der Waals surface area contributed by atoms with Crippen LogP contribution in [0.2, 0.25) is 0 Å². The van der Waals surface area contributed by atoms with Gasteiger partial charge in [-0.15, -0.1) is 0 Å². The molecule has 1 aliphatic rings. The van der Waals surface area contributed by atoms with E-state index in [1.165, 1.54) is 11.6 Å². The number of phenols is 1. The minimum Gasteiger partial charge on any atom is -0.507 e. The molecular formula is C26H28O3. The normalized spacial score (nSPS) is 17.7. The third kappa shape index (κ3) is 5.05. The Kier molecular flexibility index (Phi) is 6.07. The van der Waals surface area contributed by atoms with Gasteiger partial charge in [0.1, 0.15) is 17.1 Å². The zero-order valence-corrected chi connectivity index (χ0v) is 17.5. The van der Waals surface area contributed by atoms with Gasteiger partial charge in [-0.05, 0) is 83.0 Å². The largest absolute Gasteiger partial charge is 0.507 e. The Morgan fingerprint density at radius 1 is 1.21 bits per heavy atom. The number of carbonyl (C=O) groups excluding carboxylic acids is 1. The van der Waals surface area contributed by atoms with Crippen LogP contribution in [0.3, 0.4) is 0 Å². The molecule has 1 atom stereocenters. The molecule has 1 N–H and O–H groups in total. The van der Waals surface area contributed by atoms with E-state index in [0.717, 1.165) is 18.4 Å². The number of carbonyl (C=O) groups is 1. The van der Waals surface area contributed by atoms with E-state index < -0.39 is 5.60 Å². The molecule has 0 radical (unpaired) electrons. The zero-order chi connectivity index (χ0) is 21.0. The number of aryl methyl sites for hydroxylation is 1. The number of rotatable bonds is 6. The van der Waals surface area contributed by atoms with E-state index in [1.807, 2.05) is 43.3 Å². The summed E-state index contributed by atoms with van der Waals surface area (Å²) >= 11 is 0. The van der Waals surface area contributed by atoms with Gasteiger partial charge < -0.3 is 9.84 Å². The van der Waals surface area contributed by atoms with Crippen LogP contribution in [0, 0.1) is 6.92 Å². The smallest absolute Gasteiger partial charge is 0.185 e. The van der Waals surface area contributed by atoms with Gasteiger partial charge in [-0.1, -0.05) is 35.4 Å². The number of benzene rings is 2. The zero-order valence-electron chi connectivity index (χ0n) is 17.5. The summed E-state index contributed by atoms with van der Waals surface area (Å²) in [6.07, 6.45) is 11.1. The lowest BCUT2D eigenvalue weighted by Gasteiger charge is -2.32. The Morgan fingerprint density at radius 3 is 2.72 bits per heavy atom. The number of allylic oxidation sites excluding steroid dienone is 3. The van der Waals surface area contributed by atoms with Gasteiger partial charge in [0.2, 0.25) is 0 Å². The van der Waals surface area contributed by atoms with E-state index in [4.69, 9.17) is 4.74 Å². The van der Waals surface area contributed by atoms with E-state index in [1.54, 1.807) is 18.2 Å². The highest BCUT2D eigenvalue weighted by molar-refractivity contribution is 6.07. The minimum absolute atomic E-state index is 0.0931. The average Bonchev–Trinajstić information content (AvgIpc) is 2.66. The first-order chi connectivity index (χ1) is 13.8. The number of ether oxygens (including phenoxy) is 1. The maximum Gasteiger partial charge on any atom is 0.185 e. The van der Waals surface area contributed by atoms with Crippen LogP contribution < -0.4 is 4.74 Å². The van der Waals surface area contributed by atoms with E-state index in [2.05, 4.69) is 26.8 Å². The van der Waals surface area contributed by atoms with Crippen molar-refractivity contribution in [1.82, 2.24) is 0 Å². The third-order valence-corrected chi connectivity index (χ3v) is 5.06. The molecule has 0 spiro atoms. The van der Waals surface area contributed by atoms with Gasteiger partial charge >= 0.3 is 0 Å². The highest BCUT2D eigenvalue weighted by Crippen LogP contribution is 2.40. The van der Waals surface area contributed by atoms with Crippen molar-refractivity contribution in [2.24, 2.45) is 0 Å². The van der Waals surface area contributed by atoms with Crippen LogP contribution in [0.4, 0.5) is 0 Å². The molecule has 0 fully saturated rings. The van der Waals surface area contributed by atoms with Crippen LogP contribution in [0.25, 0.3) is 12.2 Å². The lowest BCUT2D eigenvalue weighted by molar-refractivity contribution is 0.104. The molecule has 0 aromatic heterocycles. The number of ketones is 1. The van der Waals surface area contributed by atoms with Crippen LogP contribution in [-0.2, 0) is 0 Å². The predicted molar refractivity (Wildman–Crippen MR) is 119 cm³/mol. The molecule has 150 valence electrons. The summed E-state index contributed by atoms with van der Waals surface area (Å²) in [5, 5.41) is 10.7. The van der Waals surface area contributed by atoms with Crippen molar-refractivity contribution >= 4 is 17.9 Å². The molecule has 0 bridgehead atoms. The molecule has 0 amide bonds. The molecule has 1 heterocycles. The van der Waals surface area contributed by atoms with Crippen LogP contribution >= 0.6 is 0 Å². The summed E-state index contributed by atoms with van der Waals surface area (Å²) in [6.45, 7) is 8.18. The minimum atomic E-state index is -0.399. The SMILES string of the molecule is CC(C)=CCCC1(C)C=Cc2c(ccc(/C=C/C(=O)c3cccc(C)c3)c2O)O1. The van der Waals surface area contributed by atoms with Crippen LogP contribution in [-0.4, -0.2) is 16.5 Å². The van der Waals surface area contributed by atoms with E-state index >= 15 is 0 Å². The number of phenolic OH excluding ortho intramolecular Hbond substituents is 1. The van der Waals surface area contributed by atoms with Gasteiger partial charge in [-0.25, -0.2) is 0 Å². The Labute approximate surface area is 173 Å². The van der Waals surface area contributed by atoms with Crippen molar-refractivity contribution in [2.75, 3.05) is 0 Å². The molecule has 0 aliphatic carbocycles. The van der Waals surface area contributed by atoms with E-state index in [0.29, 0.717) is 22.4 Å². The Morgan fingerprint density at radius 2 is 2.00 bits per heavy atom. The molecule has 3 rings (SSSR count). The molecule has 0 saturated heterocycles.